The Morgan fingerprint density at radius 2 is 1.91 bits per heavy atom. The first-order valence-electron chi connectivity index (χ1n) is 7.31. The lowest BCUT2D eigenvalue weighted by Gasteiger charge is -2.43. The number of halogens is 3. The topological polar surface area (TPSA) is 52.7 Å². The lowest BCUT2D eigenvalue weighted by Crippen LogP contribution is -2.65. The Balaban J connectivity index is 1.75. The van der Waals surface area contributed by atoms with Crippen LogP contribution in [0.4, 0.5) is 13.2 Å². The summed E-state index contributed by atoms with van der Waals surface area (Å²) in [6, 6.07) is 4.81. The van der Waals surface area contributed by atoms with E-state index < -0.39 is 17.8 Å². The summed E-state index contributed by atoms with van der Waals surface area (Å²) in [5, 5.41) is 2.51. The molecule has 2 fully saturated rings. The minimum absolute atomic E-state index is 0.00770. The molecule has 0 aromatic heterocycles. The fourth-order valence-corrected chi connectivity index (χ4v) is 3.06. The van der Waals surface area contributed by atoms with Gasteiger partial charge in [-0.3, -0.25) is 14.5 Å². The lowest BCUT2D eigenvalue weighted by atomic mass is 10.0. The molecule has 2 aliphatic heterocycles. The van der Waals surface area contributed by atoms with Crippen molar-refractivity contribution in [2.45, 2.75) is 18.8 Å². The predicted molar refractivity (Wildman–Crippen MR) is 75.2 cm³/mol. The first-order chi connectivity index (χ1) is 10.9. The van der Waals surface area contributed by atoms with Gasteiger partial charge in [0.15, 0.2) is 0 Å². The molecule has 8 heteroatoms. The number of hydrogen-bond donors (Lipinski definition) is 1. The number of carbonyl (C=O) groups excluding carboxylic acids is 2. The van der Waals surface area contributed by atoms with Crippen LogP contribution in [0.15, 0.2) is 24.3 Å². The molecule has 0 bridgehead atoms. The van der Waals surface area contributed by atoms with Gasteiger partial charge in [-0.2, -0.15) is 13.2 Å². The Kier molecular flexibility index (Phi) is 4.01. The van der Waals surface area contributed by atoms with Crippen molar-refractivity contribution in [1.29, 1.82) is 0 Å². The van der Waals surface area contributed by atoms with Gasteiger partial charge in [0.2, 0.25) is 11.8 Å². The molecule has 124 valence electrons. The fraction of sp³-hybridized carbons (Fsp3) is 0.467. The Labute approximate surface area is 131 Å². The van der Waals surface area contributed by atoms with E-state index in [2.05, 4.69) is 5.32 Å². The number of nitrogens with zero attached hydrogens (tertiary/aromatic N) is 2. The van der Waals surface area contributed by atoms with Crippen LogP contribution >= 0.6 is 0 Å². The highest BCUT2D eigenvalue weighted by atomic mass is 19.4. The van der Waals surface area contributed by atoms with Crippen molar-refractivity contribution in [3.63, 3.8) is 0 Å². The average molecular weight is 327 g/mol. The molecule has 1 atom stereocenters. The molecule has 2 heterocycles. The van der Waals surface area contributed by atoms with Crippen LogP contribution in [0.1, 0.15) is 11.1 Å². The molecule has 2 aliphatic rings. The molecule has 1 unspecified atom stereocenters. The second-order valence-corrected chi connectivity index (χ2v) is 5.71. The summed E-state index contributed by atoms with van der Waals surface area (Å²) in [6.45, 7) is 1.13. The third-order valence-electron chi connectivity index (χ3n) is 4.22. The minimum Gasteiger partial charge on any atom is -0.345 e. The van der Waals surface area contributed by atoms with Crippen molar-refractivity contribution < 1.29 is 22.8 Å². The monoisotopic (exact) mass is 327 g/mol. The number of piperazine rings is 2. The SMILES string of the molecule is O=C1NCC(=O)N2CCN(Cc3ccccc3C(F)(F)F)CC12. The second-order valence-electron chi connectivity index (χ2n) is 5.71. The summed E-state index contributed by atoms with van der Waals surface area (Å²) in [4.78, 5) is 26.9. The third kappa shape index (κ3) is 3.17. The smallest absolute Gasteiger partial charge is 0.345 e. The maximum Gasteiger partial charge on any atom is 0.416 e. The van der Waals surface area contributed by atoms with Crippen LogP contribution in [0.5, 0.6) is 0 Å². The maximum absolute atomic E-state index is 13.0. The number of rotatable bonds is 2. The van der Waals surface area contributed by atoms with Gasteiger partial charge in [0.25, 0.3) is 0 Å². The Bertz CT molecular complexity index is 633. The van der Waals surface area contributed by atoms with E-state index in [0.717, 1.165) is 6.07 Å². The standard InChI is InChI=1S/C15H16F3N3O2/c16-15(17,18)11-4-2-1-3-10(11)8-20-5-6-21-12(9-20)14(23)19-7-13(21)22/h1-4,12H,5-9H2,(H,19,23). The summed E-state index contributed by atoms with van der Waals surface area (Å²) in [5.41, 5.74) is -0.484. The molecule has 0 aliphatic carbocycles. The Morgan fingerprint density at radius 3 is 2.65 bits per heavy atom. The van der Waals surface area contributed by atoms with Gasteiger partial charge in [0.05, 0.1) is 12.1 Å². The highest BCUT2D eigenvalue weighted by Gasteiger charge is 2.39. The van der Waals surface area contributed by atoms with Gasteiger partial charge in [-0.15, -0.1) is 0 Å². The van der Waals surface area contributed by atoms with E-state index in [1.54, 1.807) is 11.0 Å². The summed E-state index contributed by atoms with van der Waals surface area (Å²) in [5.74, 6) is -0.400. The zero-order valence-corrected chi connectivity index (χ0v) is 12.3. The van der Waals surface area contributed by atoms with Crippen LogP contribution in [0.3, 0.4) is 0 Å². The summed E-state index contributed by atoms with van der Waals surface area (Å²) in [6.07, 6.45) is -4.41. The van der Waals surface area contributed by atoms with E-state index in [4.69, 9.17) is 0 Å². The number of alkyl halides is 3. The molecule has 2 saturated heterocycles. The highest BCUT2D eigenvalue weighted by Crippen LogP contribution is 2.32. The first kappa shape index (κ1) is 15.8. The largest absolute Gasteiger partial charge is 0.416 e. The minimum atomic E-state index is -4.41. The van der Waals surface area contributed by atoms with Gasteiger partial charge in [-0.1, -0.05) is 18.2 Å². The van der Waals surface area contributed by atoms with Crippen LogP contribution in [0.25, 0.3) is 0 Å². The average Bonchev–Trinajstić information content (AvgIpc) is 2.51. The van der Waals surface area contributed by atoms with Crippen molar-refractivity contribution in [2.24, 2.45) is 0 Å². The lowest BCUT2D eigenvalue weighted by molar-refractivity contribution is -0.149. The molecule has 5 nitrogen and oxygen atoms in total. The number of benzene rings is 1. The molecule has 0 saturated carbocycles. The molecular weight excluding hydrogens is 311 g/mol. The van der Waals surface area contributed by atoms with E-state index in [1.165, 1.54) is 17.0 Å². The van der Waals surface area contributed by atoms with Crippen molar-refractivity contribution in [1.82, 2.24) is 15.1 Å². The van der Waals surface area contributed by atoms with Crippen molar-refractivity contribution in [2.75, 3.05) is 26.2 Å². The number of hydrogen-bond acceptors (Lipinski definition) is 3. The highest BCUT2D eigenvalue weighted by molar-refractivity contribution is 5.95. The van der Waals surface area contributed by atoms with E-state index in [0.29, 0.717) is 13.1 Å². The van der Waals surface area contributed by atoms with Crippen molar-refractivity contribution >= 4 is 11.8 Å². The second kappa shape index (κ2) is 5.84. The van der Waals surface area contributed by atoms with Crippen LogP contribution in [-0.2, 0) is 22.3 Å². The molecule has 2 amide bonds. The van der Waals surface area contributed by atoms with Gasteiger partial charge in [0, 0.05) is 26.2 Å². The van der Waals surface area contributed by atoms with Gasteiger partial charge < -0.3 is 10.2 Å². The molecule has 3 rings (SSSR count). The van der Waals surface area contributed by atoms with E-state index >= 15 is 0 Å². The number of amides is 2. The number of fused-ring (bicyclic) bond motifs is 1. The zero-order valence-electron chi connectivity index (χ0n) is 12.3. The fourth-order valence-electron chi connectivity index (χ4n) is 3.06. The maximum atomic E-state index is 13.0. The van der Waals surface area contributed by atoms with Crippen LogP contribution in [0.2, 0.25) is 0 Å². The van der Waals surface area contributed by atoms with Crippen LogP contribution < -0.4 is 5.32 Å². The number of nitrogens with one attached hydrogen (secondary N) is 1. The summed E-state index contributed by atoms with van der Waals surface area (Å²) in [7, 11) is 0. The summed E-state index contributed by atoms with van der Waals surface area (Å²) < 4.78 is 39.1. The molecule has 1 N–H and O–H groups in total. The predicted octanol–water partition coefficient (Wildman–Crippen LogP) is 0.848. The Morgan fingerprint density at radius 1 is 1.17 bits per heavy atom. The quantitative estimate of drug-likeness (QED) is 0.876. The number of carbonyl (C=O) groups is 2. The van der Waals surface area contributed by atoms with Crippen molar-refractivity contribution in [3.05, 3.63) is 35.4 Å². The van der Waals surface area contributed by atoms with Gasteiger partial charge in [-0.25, -0.2) is 0 Å². The first-order valence-corrected chi connectivity index (χ1v) is 7.31. The Hall–Kier alpha value is -2.09. The summed E-state index contributed by atoms with van der Waals surface area (Å²) >= 11 is 0. The van der Waals surface area contributed by atoms with E-state index in [1.807, 2.05) is 0 Å². The third-order valence-corrected chi connectivity index (χ3v) is 4.22. The van der Waals surface area contributed by atoms with E-state index in [9.17, 15) is 22.8 Å². The van der Waals surface area contributed by atoms with Crippen LogP contribution in [-0.4, -0.2) is 53.8 Å². The van der Waals surface area contributed by atoms with Crippen LogP contribution in [0, 0.1) is 0 Å². The van der Waals surface area contributed by atoms with Gasteiger partial charge in [-0.05, 0) is 11.6 Å². The molecular formula is C15H16F3N3O2. The normalized spacial score (nSPS) is 22.7. The molecule has 1 aromatic rings. The molecule has 0 spiro atoms. The zero-order chi connectivity index (χ0) is 16.6. The van der Waals surface area contributed by atoms with Gasteiger partial charge >= 0.3 is 6.18 Å². The van der Waals surface area contributed by atoms with E-state index in [-0.39, 0.29) is 37.0 Å². The van der Waals surface area contributed by atoms with Gasteiger partial charge in [0.1, 0.15) is 6.04 Å². The molecule has 0 radical (unpaired) electrons. The molecule has 23 heavy (non-hydrogen) atoms. The van der Waals surface area contributed by atoms with Crippen molar-refractivity contribution in [3.8, 4) is 0 Å². The molecule has 1 aromatic carbocycles.